The van der Waals surface area contributed by atoms with Gasteiger partial charge in [0.15, 0.2) is 5.82 Å². The standard InChI is InChI=1S/C12H15N5O/c1-7-5-10(7)17-12(14-15-16-17)9-6-8(13)3-4-11(9)18-2/h3-4,6-7,10H,5,13H2,1-2H3. The average Bonchev–Trinajstić information content (AvgIpc) is 2.91. The molecule has 1 fully saturated rings. The monoisotopic (exact) mass is 245 g/mol. The van der Waals surface area contributed by atoms with Gasteiger partial charge in [0, 0.05) is 5.69 Å². The van der Waals surface area contributed by atoms with Crippen molar-refractivity contribution in [3.8, 4) is 17.1 Å². The van der Waals surface area contributed by atoms with Crippen molar-refractivity contribution in [2.75, 3.05) is 12.8 Å². The van der Waals surface area contributed by atoms with Crippen LogP contribution >= 0.6 is 0 Å². The number of rotatable bonds is 3. The van der Waals surface area contributed by atoms with Gasteiger partial charge in [-0.25, -0.2) is 4.68 Å². The number of hydrogen-bond acceptors (Lipinski definition) is 5. The fourth-order valence-corrected chi connectivity index (χ4v) is 2.14. The molecule has 1 saturated carbocycles. The highest BCUT2D eigenvalue weighted by Gasteiger charge is 2.37. The largest absolute Gasteiger partial charge is 0.496 e. The van der Waals surface area contributed by atoms with Crippen LogP contribution in [0.15, 0.2) is 18.2 Å². The molecule has 0 saturated heterocycles. The molecule has 0 amide bonds. The summed E-state index contributed by atoms with van der Waals surface area (Å²) < 4.78 is 7.20. The first-order valence-electron chi connectivity index (χ1n) is 5.92. The highest BCUT2D eigenvalue weighted by Crippen LogP contribution is 2.44. The fourth-order valence-electron chi connectivity index (χ4n) is 2.14. The summed E-state index contributed by atoms with van der Waals surface area (Å²) in [4.78, 5) is 0. The molecule has 0 radical (unpaired) electrons. The van der Waals surface area contributed by atoms with Crippen molar-refractivity contribution in [1.82, 2.24) is 20.2 Å². The third kappa shape index (κ3) is 1.70. The molecule has 1 aliphatic carbocycles. The molecular formula is C12H15N5O. The van der Waals surface area contributed by atoms with Gasteiger partial charge in [-0.1, -0.05) is 6.92 Å². The van der Waals surface area contributed by atoms with E-state index in [-0.39, 0.29) is 0 Å². The number of anilines is 1. The molecule has 1 aromatic heterocycles. The van der Waals surface area contributed by atoms with Crippen molar-refractivity contribution in [1.29, 1.82) is 0 Å². The minimum atomic E-state index is 0.390. The lowest BCUT2D eigenvalue weighted by Crippen LogP contribution is -2.03. The smallest absolute Gasteiger partial charge is 0.186 e. The maximum Gasteiger partial charge on any atom is 0.186 e. The minimum Gasteiger partial charge on any atom is -0.496 e. The summed E-state index contributed by atoms with van der Waals surface area (Å²) in [6, 6.07) is 5.87. The molecule has 2 atom stereocenters. The topological polar surface area (TPSA) is 78.8 Å². The van der Waals surface area contributed by atoms with Crippen LogP contribution in [-0.4, -0.2) is 27.3 Å². The number of methoxy groups -OCH3 is 1. The van der Waals surface area contributed by atoms with E-state index in [2.05, 4.69) is 22.4 Å². The quantitative estimate of drug-likeness (QED) is 0.829. The van der Waals surface area contributed by atoms with Gasteiger partial charge in [-0.2, -0.15) is 0 Å². The molecule has 1 aliphatic rings. The van der Waals surface area contributed by atoms with Gasteiger partial charge in [0.05, 0.1) is 18.7 Å². The van der Waals surface area contributed by atoms with Crippen molar-refractivity contribution in [3.63, 3.8) is 0 Å². The second kappa shape index (κ2) is 3.97. The van der Waals surface area contributed by atoms with Crippen LogP contribution in [0.25, 0.3) is 11.4 Å². The van der Waals surface area contributed by atoms with Gasteiger partial charge in [0.1, 0.15) is 5.75 Å². The van der Waals surface area contributed by atoms with Crippen LogP contribution in [0.3, 0.4) is 0 Å². The highest BCUT2D eigenvalue weighted by molar-refractivity contribution is 5.68. The number of ether oxygens (including phenoxy) is 1. The van der Waals surface area contributed by atoms with Crippen molar-refractivity contribution in [3.05, 3.63) is 18.2 Å². The second-order valence-corrected chi connectivity index (χ2v) is 4.69. The van der Waals surface area contributed by atoms with E-state index in [1.54, 1.807) is 13.2 Å². The Kier molecular flexibility index (Phi) is 2.43. The van der Waals surface area contributed by atoms with Crippen LogP contribution < -0.4 is 10.5 Å². The second-order valence-electron chi connectivity index (χ2n) is 4.69. The average molecular weight is 245 g/mol. The highest BCUT2D eigenvalue weighted by atomic mass is 16.5. The van der Waals surface area contributed by atoms with Crippen LogP contribution in [-0.2, 0) is 0 Å². The Morgan fingerprint density at radius 3 is 2.89 bits per heavy atom. The molecule has 1 aromatic carbocycles. The molecule has 1 heterocycles. The molecular weight excluding hydrogens is 230 g/mol. The molecule has 2 unspecified atom stereocenters. The summed E-state index contributed by atoms with van der Waals surface area (Å²) in [5.74, 6) is 2.07. The van der Waals surface area contributed by atoms with E-state index in [1.807, 2.05) is 16.8 Å². The zero-order chi connectivity index (χ0) is 12.7. The Hall–Kier alpha value is -2.11. The van der Waals surface area contributed by atoms with Gasteiger partial charge in [0.25, 0.3) is 0 Å². The molecule has 18 heavy (non-hydrogen) atoms. The number of aromatic nitrogens is 4. The Bertz CT molecular complexity index is 580. The first-order chi connectivity index (χ1) is 8.70. The normalized spacial score (nSPS) is 21.9. The van der Waals surface area contributed by atoms with E-state index < -0.39 is 0 Å². The summed E-state index contributed by atoms with van der Waals surface area (Å²) in [6.07, 6.45) is 1.11. The third-order valence-corrected chi connectivity index (χ3v) is 3.34. The molecule has 0 aliphatic heterocycles. The Balaban J connectivity index is 2.09. The molecule has 3 rings (SSSR count). The van der Waals surface area contributed by atoms with E-state index in [0.29, 0.717) is 23.5 Å². The Labute approximate surface area is 105 Å². The van der Waals surface area contributed by atoms with E-state index in [1.165, 1.54) is 0 Å². The van der Waals surface area contributed by atoms with E-state index in [4.69, 9.17) is 10.5 Å². The number of nitrogens with two attached hydrogens (primary N) is 1. The zero-order valence-electron chi connectivity index (χ0n) is 10.4. The van der Waals surface area contributed by atoms with Gasteiger partial charge in [-0.05, 0) is 41.0 Å². The first-order valence-corrected chi connectivity index (χ1v) is 5.92. The lowest BCUT2D eigenvalue weighted by Gasteiger charge is -2.09. The van der Waals surface area contributed by atoms with Gasteiger partial charge in [0.2, 0.25) is 0 Å². The number of nitrogen functional groups attached to an aromatic ring is 1. The maximum atomic E-state index is 5.82. The fraction of sp³-hybridized carbons (Fsp3) is 0.417. The van der Waals surface area contributed by atoms with E-state index in [0.717, 1.165) is 17.7 Å². The van der Waals surface area contributed by atoms with Crippen molar-refractivity contribution in [2.45, 2.75) is 19.4 Å². The summed E-state index contributed by atoms with van der Waals surface area (Å²) >= 11 is 0. The van der Waals surface area contributed by atoms with Gasteiger partial charge < -0.3 is 10.5 Å². The lowest BCUT2D eigenvalue weighted by atomic mass is 10.1. The van der Waals surface area contributed by atoms with Crippen LogP contribution in [0.1, 0.15) is 19.4 Å². The molecule has 0 bridgehead atoms. The minimum absolute atomic E-state index is 0.390. The zero-order valence-corrected chi connectivity index (χ0v) is 10.4. The molecule has 0 spiro atoms. The van der Waals surface area contributed by atoms with Gasteiger partial charge in [-0.15, -0.1) is 5.10 Å². The number of hydrogen-bond donors (Lipinski definition) is 1. The molecule has 2 aromatic rings. The van der Waals surface area contributed by atoms with E-state index in [9.17, 15) is 0 Å². The SMILES string of the molecule is COc1ccc(N)cc1-c1nnnn1C1CC1C. The Morgan fingerprint density at radius 1 is 1.44 bits per heavy atom. The predicted octanol–water partition coefficient (Wildman–Crippen LogP) is 1.51. The third-order valence-electron chi connectivity index (χ3n) is 3.34. The van der Waals surface area contributed by atoms with Gasteiger partial charge in [-0.3, -0.25) is 0 Å². The predicted molar refractivity (Wildman–Crippen MR) is 67.0 cm³/mol. The van der Waals surface area contributed by atoms with Crippen molar-refractivity contribution in [2.24, 2.45) is 5.92 Å². The lowest BCUT2D eigenvalue weighted by molar-refractivity contribution is 0.415. The molecule has 6 heteroatoms. The first kappa shape index (κ1) is 11.0. The Morgan fingerprint density at radius 2 is 2.22 bits per heavy atom. The van der Waals surface area contributed by atoms with Crippen molar-refractivity contribution < 1.29 is 4.74 Å². The van der Waals surface area contributed by atoms with Crippen molar-refractivity contribution >= 4 is 5.69 Å². The number of nitrogens with zero attached hydrogens (tertiary/aromatic N) is 4. The molecule has 6 nitrogen and oxygen atoms in total. The van der Waals surface area contributed by atoms with Crippen LogP contribution in [0, 0.1) is 5.92 Å². The number of benzene rings is 1. The van der Waals surface area contributed by atoms with Crippen LogP contribution in [0.4, 0.5) is 5.69 Å². The van der Waals surface area contributed by atoms with Gasteiger partial charge >= 0.3 is 0 Å². The van der Waals surface area contributed by atoms with E-state index >= 15 is 0 Å². The van der Waals surface area contributed by atoms with Crippen LogP contribution in [0.2, 0.25) is 0 Å². The summed E-state index contributed by atoms with van der Waals surface area (Å²) in [7, 11) is 1.63. The summed E-state index contributed by atoms with van der Waals surface area (Å²) in [5.41, 5.74) is 7.33. The summed E-state index contributed by atoms with van der Waals surface area (Å²) in [6.45, 7) is 2.19. The molecule has 94 valence electrons. The maximum absolute atomic E-state index is 5.82. The van der Waals surface area contributed by atoms with Crippen LogP contribution in [0.5, 0.6) is 5.75 Å². The number of tetrazole rings is 1. The molecule has 2 N–H and O–H groups in total. The summed E-state index contributed by atoms with van der Waals surface area (Å²) in [5, 5.41) is 11.9.